The summed E-state index contributed by atoms with van der Waals surface area (Å²) in [5, 5.41) is 5.23. The van der Waals surface area contributed by atoms with E-state index in [1.807, 2.05) is 6.92 Å². The topological polar surface area (TPSA) is 131 Å². The lowest BCUT2D eigenvalue weighted by Crippen LogP contribution is -2.51. The monoisotopic (exact) mass is 482 g/mol. The third-order valence-electron chi connectivity index (χ3n) is 4.77. The van der Waals surface area contributed by atoms with Crippen molar-refractivity contribution in [3.05, 3.63) is 35.4 Å². The molecule has 0 radical (unpaired) electrons. The Bertz CT molecular complexity index is 983. The lowest BCUT2D eigenvalue weighted by molar-refractivity contribution is -0.138. The van der Waals surface area contributed by atoms with Crippen LogP contribution in [-0.2, 0) is 19.1 Å². The van der Waals surface area contributed by atoms with Crippen molar-refractivity contribution in [3.63, 3.8) is 0 Å². The summed E-state index contributed by atoms with van der Waals surface area (Å²) in [5.74, 6) is 0.559. The molecule has 1 aromatic rings. The molecule has 188 valence electrons. The minimum atomic E-state index is -1.26. The number of amides is 4. The van der Waals surface area contributed by atoms with Crippen LogP contribution >= 0.6 is 0 Å². The van der Waals surface area contributed by atoms with Gasteiger partial charge in [0.2, 0.25) is 11.8 Å². The molecule has 1 rings (SSSR count). The van der Waals surface area contributed by atoms with Crippen LogP contribution in [0.5, 0.6) is 0 Å². The van der Waals surface area contributed by atoms with E-state index in [1.165, 1.54) is 0 Å². The van der Waals surface area contributed by atoms with Gasteiger partial charge in [-0.1, -0.05) is 37.8 Å². The third kappa shape index (κ3) is 9.81. The number of carbonyl (C=O) groups is 4. The van der Waals surface area contributed by atoms with Crippen LogP contribution in [0.4, 0.5) is 4.79 Å². The van der Waals surface area contributed by atoms with Crippen molar-refractivity contribution in [1.29, 1.82) is 0 Å². The van der Waals surface area contributed by atoms with E-state index in [4.69, 9.17) is 23.3 Å². The number of alkyl carbamates (subject to hydrolysis) is 1. The summed E-state index contributed by atoms with van der Waals surface area (Å²) >= 11 is 0. The average Bonchev–Trinajstić information content (AvgIpc) is 2.78. The zero-order valence-corrected chi connectivity index (χ0v) is 20.7. The average molecular weight is 483 g/mol. The maximum atomic E-state index is 13.5. The number of unbranched alkanes of at least 4 members (excludes halogenated alkanes) is 1. The highest BCUT2D eigenvalue weighted by Crippen LogP contribution is 2.23. The molecule has 2 unspecified atom stereocenters. The van der Waals surface area contributed by atoms with Crippen LogP contribution in [-0.4, -0.2) is 46.9 Å². The van der Waals surface area contributed by atoms with Crippen molar-refractivity contribution >= 4 is 23.8 Å². The Morgan fingerprint density at radius 1 is 1.14 bits per heavy atom. The van der Waals surface area contributed by atoms with Crippen molar-refractivity contribution < 1.29 is 23.9 Å². The lowest BCUT2D eigenvalue weighted by Gasteiger charge is -2.30. The molecule has 9 heteroatoms. The van der Waals surface area contributed by atoms with Crippen LogP contribution in [0.3, 0.4) is 0 Å². The number of nitrogens with two attached hydrogens (primary N) is 1. The molecule has 0 fully saturated rings. The minimum absolute atomic E-state index is 0.133. The molecule has 0 aromatic heterocycles. The van der Waals surface area contributed by atoms with Crippen LogP contribution in [0, 0.1) is 24.8 Å². The van der Waals surface area contributed by atoms with Gasteiger partial charge in [-0.05, 0) is 51.3 Å². The summed E-state index contributed by atoms with van der Waals surface area (Å²) in [6, 6.07) is 6.28. The summed E-state index contributed by atoms with van der Waals surface area (Å²) < 4.78 is 5.24. The maximum absolute atomic E-state index is 13.5. The Balaban J connectivity index is 3.35. The highest BCUT2D eigenvalue weighted by atomic mass is 16.6. The SMILES string of the molecule is C#Cc1ccc(C(C(=O)NCCCC)N(C#C)C(=O)C(CCC(N)=O)NC(=O)OC(C)(C)C)cc1. The van der Waals surface area contributed by atoms with Crippen molar-refractivity contribution in [1.82, 2.24) is 15.5 Å². The number of rotatable bonds is 11. The summed E-state index contributed by atoms with van der Waals surface area (Å²) in [6.07, 6.45) is 11.5. The van der Waals surface area contributed by atoms with E-state index in [1.54, 1.807) is 45.0 Å². The molecule has 1 aromatic carbocycles. The standard InChI is InChI=1S/C26H34N4O5/c1-7-10-17-28-23(32)22(19-13-11-18(8-2)12-14-19)30(9-3)24(33)20(15-16-21(27)31)29-25(34)35-26(4,5)6/h2-3,11-14,20,22H,7,10,15-17H2,1,4-6H3,(H2,27,31)(H,28,32)(H,29,34). The van der Waals surface area contributed by atoms with Crippen LogP contribution in [0.1, 0.15) is 70.5 Å². The molecular formula is C26H34N4O5. The molecule has 0 bridgehead atoms. The molecule has 0 saturated carbocycles. The first-order valence-electron chi connectivity index (χ1n) is 11.3. The maximum Gasteiger partial charge on any atom is 0.408 e. The summed E-state index contributed by atoms with van der Waals surface area (Å²) in [4.78, 5) is 51.3. The number of primary amides is 1. The smallest absolute Gasteiger partial charge is 0.408 e. The number of carbonyl (C=O) groups excluding carboxylic acids is 4. The van der Waals surface area contributed by atoms with Crippen LogP contribution in [0.15, 0.2) is 24.3 Å². The van der Waals surface area contributed by atoms with Gasteiger partial charge in [-0.2, -0.15) is 0 Å². The van der Waals surface area contributed by atoms with Crippen molar-refractivity contribution in [2.75, 3.05) is 6.54 Å². The molecule has 2 atom stereocenters. The van der Waals surface area contributed by atoms with Crippen molar-refractivity contribution in [2.45, 2.75) is 71.1 Å². The quantitative estimate of drug-likeness (QED) is 0.253. The van der Waals surface area contributed by atoms with Gasteiger partial charge < -0.3 is 21.1 Å². The van der Waals surface area contributed by atoms with E-state index in [0.29, 0.717) is 17.7 Å². The second-order valence-corrected chi connectivity index (χ2v) is 8.85. The molecule has 0 heterocycles. The van der Waals surface area contributed by atoms with Crippen LogP contribution < -0.4 is 16.4 Å². The largest absolute Gasteiger partial charge is 0.444 e. The highest BCUT2D eigenvalue weighted by Gasteiger charge is 2.35. The summed E-state index contributed by atoms with van der Waals surface area (Å²) in [6.45, 7) is 7.36. The molecule has 4 N–H and O–H groups in total. The number of nitrogens with one attached hydrogen (secondary N) is 2. The van der Waals surface area contributed by atoms with Gasteiger partial charge in [0.05, 0.1) is 0 Å². The fourth-order valence-corrected chi connectivity index (χ4v) is 3.09. The number of nitrogens with zero attached hydrogens (tertiary/aromatic N) is 1. The van der Waals surface area contributed by atoms with Crippen LogP contribution in [0.2, 0.25) is 0 Å². The fourth-order valence-electron chi connectivity index (χ4n) is 3.09. The fraction of sp³-hybridized carbons (Fsp3) is 0.462. The van der Waals surface area contributed by atoms with Gasteiger partial charge in [-0.3, -0.25) is 19.3 Å². The molecule has 35 heavy (non-hydrogen) atoms. The molecule has 4 amide bonds. The Labute approximate surface area is 207 Å². The van der Waals surface area contributed by atoms with E-state index in [0.717, 1.165) is 17.7 Å². The van der Waals surface area contributed by atoms with E-state index in [9.17, 15) is 19.2 Å². The Hall–Kier alpha value is -3.98. The van der Waals surface area contributed by atoms with Gasteiger partial charge in [0.1, 0.15) is 17.7 Å². The molecule has 0 aliphatic heterocycles. The van der Waals surface area contributed by atoms with E-state index in [-0.39, 0.29) is 12.8 Å². The molecule has 0 spiro atoms. The first-order chi connectivity index (χ1) is 16.4. The Morgan fingerprint density at radius 2 is 1.77 bits per heavy atom. The number of hydrogen-bond acceptors (Lipinski definition) is 5. The predicted octanol–water partition coefficient (Wildman–Crippen LogP) is 2.20. The second-order valence-electron chi connectivity index (χ2n) is 8.85. The van der Waals surface area contributed by atoms with E-state index >= 15 is 0 Å². The van der Waals surface area contributed by atoms with Gasteiger partial charge in [-0.15, -0.1) is 6.42 Å². The van der Waals surface area contributed by atoms with Crippen LogP contribution in [0.25, 0.3) is 0 Å². The predicted molar refractivity (Wildman–Crippen MR) is 132 cm³/mol. The number of hydrogen-bond donors (Lipinski definition) is 3. The van der Waals surface area contributed by atoms with Gasteiger partial charge in [0, 0.05) is 24.6 Å². The molecule has 0 saturated heterocycles. The first-order valence-corrected chi connectivity index (χ1v) is 11.3. The second kappa shape index (κ2) is 13.7. The zero-order chi connectivity index (χ0) is 26.6. The van der Waals surface area contributed by atoms with Gasteiger partial charge in [0.15, 0.2) is 0 Å². The summed E-state index contributed by atoms with van der Waals surface area (Å²) in [7, 11) is 0. The van der Waals surface area contributed by atoms with E-state index < -0.39 is 41.5 Å². The summed E-state index contributed by atoms with van der Waals surface area (Å²) in [5.41, 5.74) is 5.44. The Kier molecular flexibility index (Phi) is 11.3. The molecule has 0 aliphatic rings. The number of benzene rings is 1. The third-order valence-corrected chi connectivity index (χ3v) is 4.77. The Morgan fingerprint density at radius 3 is 2.26 bits per heavy atom. The van der Waals surface area contributed by atoms with E-state index in [2.05, 4.69) is 22.6 Å². The van der Waals surface area contributed by atoms with Crippen molar-refractivity contribution in [2.24, 2.45) is 5.73 Å². The first kappa shape index (κ1) is 29.1. The highest BCUT2D eigenvalue weighted by molar-refractivity contribution is 5.93. The van der Waals surface area contributed by atoms with Gasteiger partial charge >= 0.3 is 6.09 Å². The number of ether oxygens (including phenoxy) is 1. The zero-order valence-electron chi connectivity index (χ0n) is 20.7. The lowest BCUT2D eigenvalue weighted by atomic mass is 10.0. The normalized spacial score (nSPS) is 12.3. The molecule has 0 aliphatic carbocycles. The minimum Gasteiger partial charge on any atom is -0.444 e. The van der Waals surface area contributed by atoms with Gasteiger partial charge in [0.25, 0.3) is 5.91 Å². The van der Waals surface area contributed by atoms with Gasteiger partial charge in [-0.25, -0.2) is 4.79 Å². The van der Waals surface area contributed by atoms with Crippen molar-refractivity contribution in [3.8, 4) is 24.8 Å². The number of terminal acetylenes is 2. The molecular weight excluding hydrogens is 448 g/mol. The molecule has 9 nitrogen and oxygen atoms in total.